The Morgan fingerprint density at radius 1 is 1.18 bits per heavy atom. The quantitative estimate of drug-likeness (QED) is 0.721. The monoisotopic (exact) mass is 384 g/mol. The molecule has 3 amide bonds. The average molecular weight is 384 g/mol. The first-order valence-electron chi connectivity index (χ1n) is 9.20. The Labute approximate surface area is 163 Å². The zero-order valence-corrected chi connectivity index (χ0v) is 16.0. The highest BCUT2D eigenvalue weighted by Crippen LogP contribution is 2.37. The Hall–Kier alpha value is -3.23. The first kappa shape index (κ1) is 19.5. The summed E-state index contributed by atoms with van der Waals surface area (Å²) in [4.78, 5) is 41.7. The molecular formula is C19H24N6O3. The molecule has 9 heteroatoms. The highest BCUT2D eigenvalue weighted by molar-refractivity contribution is 6.39. The molecule has 9 nitrogen and oxygen atoms in total. The normalized spacial score (nSPS) is 14.6. The SMILES string of the molecule is CN(C)C(=O)Cn1cnc(NC(=O)C(=O)NC(c2ccccc2)C2CCC2)n1. The van der Waals surface area contributed by atoms with Gasteiger partial charge in [-0.15, -0.1) is 5.10 Å². The number of carbonyl (C=O) groups is 3. The number of aromatic nitrogens is 3. The molecular weight excluding hydrogens is 360 g/mol. The summed E-state index contributed by atoms with van der Waals surface area (Å²) in [5, 5.41) is 9.21. The minimum absolute atomic E-state index is 0.000170. The van der Waals surface area contributed by atoms with Crippen LogP contribution >= 0.6 is 0 Å². The number of likely N-dealkylation sites (N-methyl/N-ethyl adjacent to an activating group) is 1. The Kier molecular flexibility index (Phi) is 6.03. The van der Waals surface area contributed by atoms with Crippen LogP contribution in [-0.2, 0) is 20.9 Å². The third-order valence-electron chi connectivity index (χ3n) is 4.83. The third-order valence-corrected chi connectivity index (χ3v) is 4.83. The van der Waals surface area contributed by atoms with E-state index in [1.165, 1.54) is 15.9 Å². The van der Waals surface area contributed by atoms with Crippen LogP contribution in [-0.4, -0.2) is 51.5 Å². The Balaban J connectivity index is 1.60. The lowest BCUT2D eigenvalue weighted by Gasteiger charge is -2.34. The number of hydrogen-bond acceptors (Lipinski definition) is 5. The molecule has 3 rings (SSSR count). The molecule has 148 valence electrons. The Bertz CT molecular complexity index is 844. The summed E-state index contributed by atoms with van der Waals surface area (Å²) in [7, 11) is 3.27. The number of hydrogen-bond donors (Lipinski definition) is 2. The van der Waals surface area contributed by atoms with Gasteiger partial charge in [0.1, 0.15) is 12.9 Å². The highest BCUT2D eigenvalue weighted by Gasteiger charge is 2.31. The van der Waals surface area contributed by atoms with E-state index in [1.807, 2.05) is 30.3 Å². The summed E-state index contributed by atoms with van der Waals surface area (Å²) < 4.78 is 1.30. The molecule has 1 aromatic heterocycles. The van der Waals surface area contributed by atoms with E-state index in [0.717, 1.165) is 24.8 Å². The molecule has 1 aliphatic carbocycles. The third kappa shape index (κ3) is 4.73. The van der Waals surface area contributed by atoms with E-state index in [4.69, 9.17) is 0 Å². The van der Waals surface area contributed by atoms with Crippen molar-refractivity contribution < 1.29 is 14.4 Å². The summed E-state index contributed by atoms with van der Waals surface area (Å²) in [6.07, 6.45) is 4.50. The first-order valence-corrected chi connectivity index (χ1v) is 9.20. The summed E-state index contributed by atoms with van der Waals surface area (Å²) in [5.41, 5.74) is 0.984. The number of carbonyl (C=O) groups excluding carboxylic acids is 3. The van der Waals surface area contributed by atoms with E-state index in [0.29, 0.717) is 5.92 Å². The summed E-state index contributed by atoms with van der Waals surface area (Å²) in [6.45, 7) is -0.000170. The fourth-order valence-corrected chi connectivity index (χ4v) is 2.98. The second-order valence-electron chi connectivity index (χ2n) is 7.06. The van der Waals surface area contributed by atoms with Crippen molar-refractivity contribution in [2.45, 2.75) is 31.8 Å². The molecule has 2 aromatic rings. The van der Waals surface area contributed by atoms with Crippen LogP contribution in [0.4, 0.5) is 5.95 Å². The molecule has 1 aliphatic rings. The minimum Gasteiger partial charge on any atom is -0.347 e. The first-order chi connectivity index (χ1) is 13.4. The van der Waals surface area contributed by atoms with Crippen molar-refractivity contribution >= 4 is 23.7 Å². The predicted octanol–water partition coefficient (Wildman–Crippen LogP) is 0.962. The van der Waals surface area contributed by atoms with Crippen molar-refractivity contribution in [1.29, 1.82) is 0 Å². The Morgan fingerprint density at radius 2 is 1.89 bits per heavy atom. The van der Waals surface area contributed by atoms with Crippen LogP contribution in [0.15, 0.2) is 36.7 Å². The molecule has 1 fully saturated rings. The molecule has 1 heterocycles. The lowest BCUT2D eigenvalue weighted by atomic mass is 9.77. The van der Waals surface area contributed by atoms with Gasteiger partial charge in [-0.1, -0.05) is 36.8 Å². The van der Waals surface area contributed by atoms with E-state index >= 15 is 0 Å². The van der Waals surface area contributed by atoms with Gasteiger partial charge in [-0.3, -0.25) is 19.7 Å². The number of amides is 3. The predicted molar refractivity (Wildman–Crippen MR) is 102 cm³/mol. The lowest BCUT2D eigenvalue weighted by molar-refractivity contribution is -0.137. The molecule has 0 bridgehead atoms. The average Bonchev–Trinajstić information content (AvgIpc) is 3.07. The van der Waals surface area contributed by atoms with Gasteiger partial charge in [0.05, 0.1) is 6.04 Å². The van der Waals surface area contributed by atoms with Crippen molar-refractivity contribution in [1.82, 2.24) is 25.0 Å². The topological polar surface area (TPSA) is 109 Å². The number of anilines is 1. The van der Waals surface area contributed by atoms with Gasteiger partial charge < -0.3 is 10.2 Å². The minimum atomic E-state index is -0.836. The smallest absolute Gasteiger partial charge is 0.316 e. The molecule has 1 aromatic carbocycles. The van der Waals surface area contributed by atoms with Crippen LogP contribution in [0.1, 0.15) is 30.9 Å². The van der Waals surface area contributed by atoms with Gasteiger partial charge in [-0.25, -0.2) is 9.67 Å². The fourth-order valence-electron chi connectivity index (χ4n) is 2.98. The number of nitrogens with zero attached hydrogens (tertiary/aromatic N) is 4. The second-order valence-corrected chi connectivity index (χ2v) is 7.06. The number of rotatable bonds is 6. The van der Waals surface area contributed by atoms with Crippen molar-refractivity contribution in [3.05, 3.63) is 42.2 Å². The molecule has 2 N–H and O–H groups in total. The van der Waals surface area contributed by atoms with Gasteiger partial charge >= 0.3 is 11.8 Å². The molecule has 0 spiro atoms. The molecule has 0 radical (unpaired) electrons. The molecule has 1 saturated carbocycles. The van der Waals surface area contributed by atoms with Crippen molar-refractivity contribution in [3.63, 3.8) is 0 Å². The largest absolute Gasteiger partial charge is 0.347 e. The van der Waals surface area contributed by atoms with Gasteiger partial charge in [0.2, 0.25) is 11.9 Å². The highest BCUT2D eigenvalue weighted by atomic mass is 16.2. The van der Waals surface area contributed by atoms with Crippen molar-refractivity contribution in [3.8, 4) is 0 Å². The summed E-state index contributed by atoms with van der Waals surface area (Å²) in [6, 6.07) is 9.45. The maximum Gasteiger partial charge on any atom is 0.316 e. The molecule has 1 atom stereocenters. The van der Waals surface area contributed by atoms with E-state index in [1.54, 1.807) is 14.1 Å². The van der Waals surface area contributed by atoms with Crippen LogP contribution in [0.5, 0.6) is 0 Å². The molecule has 0 saturated heterocycles. The van der Waals surface area contributed by atoms with Gasteiger partial charge in [-0.05, 0) is 24.3 Å². The van der Waals surface area contributed by atoms with Crippen LogP contribution < -0.4 is 10.6 Å². The maximum atomic E-state index is 12.4. The maximum absolute atomic E-state index is 12.4. The van der Waals surface area contributed by atoms with Crippen LogP contribution in [0.25, 0.3) is 0 Å². The van der Waals surface area contributed by atoms with E-state index in [-0.39, 0.29) is 24.4 Å². The molecule has 1 unspecified atom stereocenters. The Morgan fingerprint density at radius 3 is 2.50 bits per heavy atom. The number of benzene rings is 1. The zero-order chi connectivity index (χ0) is 20.1. The van der Waals surface area contributed by atoms with Crippen LogP contribution in [0.3, 0.4) is 0 Å². The van der Waals surface area contributed by atoms with Crippen LogP contribution in [0.2, 0.25) is 0 Å². The lowest BCUT2D eigenvalue weighted by Crippen LogP contribution is -2.42. The number of nitrogens with one attached hydrogen (secondary N) is 2. The standard InChI is InChI=1S/C19H24N6O3/c1-24(2)15(26)11-25-12-20-19(23-25)22-18(28)17(27)21-16(14-9-6-10-14)13-7-4-3-5-8-13/h3-5,7-8,12,14,16H,6,9-11H2,1-2H3,(H,21,27)(H,22,23,28). The van der Waals surface area contributed by atoms with Gasteiger partial charge in [0.15, 0.2) is 0 Å². The second kappa shape index (κ2) is 8.64. The van der Waals surface area contributed by atoms with E-state index < -0.39 is 11.8 Å². The van der Waals surface area contributed by atoms with Gasteiger partial charge in [0, 0.05) is 14.1 Å². The summed E-state index contributed by atoms with van der Waals surface area (Å²) in [5.74, 6) is -1.43. The van der Waals surface area contributed by atoms with Crippen molar-refractivity contribution in [2.75, 3.05) is 19.4 Å². The molecule has 28 heavy (non-hydrogen) atoms. The summed E-state index contributed by atoms with van der Waals surface area (Å²) >= 11 is 0. The van der Waals surface area contributed by atoms with E-state index in [9.17, 15) is 14.4 Å². The zero-order valence-electron chi connectivity index (χ0n) is 16.0. The van der Waals surface area contributed by atoms with Crippen LogP contribution in [0, 0.1) is 5.92 Å². The van der Waals surface area contributed by atoms with E-state index in [2.05, 4.69) is 20.7 Å². The van der Waals surface area contributed by atoms with Crippen molar-refractivity contribution in [2.24, 2.45) is 5.92 Å². The molecule has 0 aliphatic heterocycles. The van der Waals surface area contributed by atoms with Gasteiger partial charge in [0.25, 0.3) is 0 Å². The fraction of sp³-hybridized carbons (Fsp3) is 0.421. The van der Waals surface area contributed by atoms with Gasteiger partial charge in [-0.2, -0.15) is 0 Å².